The third-order valence-corrected chi connectivity index (χ3v) is 4.12. The van der Waals surface area contributed by atoms with Gasteiger partial charge in [0.05, 0.1) is 0 Å². The van der Waals surface area contributed by atoms with E-state index in [4.69, 9.17) is 0 Å². The van der Waals surface area contributed by atoms with E-state index in [0.717, 1.165) is 0 Å². The van der Waals surface area contributed by atoms with Gasteiger partial charge in [-0.15, -0.1) is 0 Å². The SMILES string of the molecule is CC(C)(CC1(C)CN1)CC(C)(C)c1ccccc1. The van der Waals surface area contributed by atoms with E-state index in [1.807, 2.05) is 0 Å². The van der Waals surface area contributed by atoms with Gasteiger partial charge in [-0.05, 0) is 36.2 Å². The highest BCUT2D eigenvalue weighted by molar-refractivity contribution is 5.24. The van der Waals surface area contributed by atoms with E-state index in [2.05, 4.69) is 70.3 Å². The van der Waals surface area contributed by atoms with Crippen LogP contribution in [-0.2, 0) is 5.41 Å². The van der Waals surface area contributed by atoms with Gasteiger partial charge in [-0.25, -0.2) is 0 Å². The Balaban J connectivity index is 2.07. The molecule has 1 heteroatoms. The molecule has 1 aliphatic rings. The average molecular weight is 245 g/mol. The molecule has 0 saturated carbocycles. The molecule has 0 aliphatic carbocycles. The van der Waals surface area contributed by atoms with Crippen molar-refractivity contribution in [2.24, 2.45) is 5.41 Å². The van der Waals surface area contributed by atoms with E-state index >= 15 is 0 Å². The zero-order valence-corrected chi connectivity index (χ0v) is 12.5. The summed E-state index contributed by atoms with van der Waals surface area (Å²) in [5.41, 5.74) is 2.47. The molecule has 1 N–H and O–H groups in total. The average Bonchev–Trinajstić information content (AvgIpc) is 2.94. The monoisotopic (exact) mass is 245 g/mol. The molecule has 18 heavy (non-hydrogen) atoms. The first-order chi connectivity index (χ1) is 8.23. The van der Waals surface area contributed by atoms with Crippen LogP contribution in [0.3, 0.4) is 0 Å². The van der Waals surface area contributed by atoms with Crippen molar-refractivity contribution in [1.82, 2.24) is 5.32 Å². The molecule has 1 nitrogen and oxygen atoms in total. The second kappa shape index (κ2) is 4.38. The van der Waals surface area contributed by atoms with Crippen LogP contribution in [0.25, 0.3) is 0 Å². The third-order valence-electron chi connectivity index (χ3n) is 4.12. The molecule has 0 amide bonds. The minimum atomic E-state index is 0.246. The van der Waals surface area contributed by atoms with Crippen molar-refractivity contribution in [2.45, 2.75) is 58.4 Å². The van der Waals surface area contributed by atoms with E-state index in [9.17, 15) is 0 Å². The van der Waals surface area contributed by atoms with Gasteiger partial charge in [0.2, 0.25) is 0 Å². The van der Waals surface area contributed by atoms with Crippen molar-refractivity contribution >= 4 is 0 Å². The van der Waals surface area contributed by atoms with Gasteiger partial charge < -0.3 is 5.32 Å². The molecular weight excluding hydrogens is 218 g/mol. The maximum atomic E-state index is 3.49. The zero-order chi connectivity index (χ0) is 13.4. The summed E-state index contributed by atoms with van der Waals surface area (Å²) < 4.78 is 0. The summed E-state index contributed by atoms with van der Waals surface area (Å²) in [6, 6.07) is 10.9. The van der Waals surface area contributed by atoms with E-state index in [1.165, 1.54) is 24.9 Å². The lowest BCUT2D eigenvalue weighted by Crippen LogP contribution is -2.31. The topological polar surface area (TPSA) is 21.9 Å². The van der Waals surface area contributed by atoms with Gasteiger partial charge >= 0.3 is 0 Å². The van der Waals surface area contributed by atoms with E-state index < -0.39 is 0 Å². The Morgan fingerprint density at radius 3 is 2.17 bits per heavy atom. The molecule has 0 spiro atoms. The number of rotatable bonds is 5. The maximum Gasteiger partial charge on any atom is 0.0283 e. The quantitative estimate of drug-likeness (QED) is 0.774. The van der Waals surface area contributed by atoms with Gasteiger partial charge in [0.15, 0.2) is 0 Å². The summed E-state index contributed by atoms with van der Waals surface area (Å²) in [7, 11) is 0. The second-order valence-electron chi connectivity index (χ2n) is 7.68. The Kier molecular flexibility index (Phi) is 3.31. The first-order valence-electron chi connectivity index (χ1n) is 7.03. The molecule has 100 valence electrons. The Hall–Kier alpha value is -0.820. The molecule has 1 aliphatic heterocycles. The first-order valence-corrected chi connectivity index (χ1v) is 7.03. The maximum absolute atomic E-state index is 3.49. The summed E-state index contributed by atoms with van der Waals surface area (Å²) in [5, 5.41) is 3.49. The second-order valence-corrected chi connectivity index (χ2v) is 7.68. The molecule has 1 fully saturated rings. The smallest absolute Gasteiger partial charge is 0.0283 e. The molecule has 1 heterocycles. The van der Waals surface area contributed by atoms with Gasteiger partial charge in [-0.2, -0.15) is 0 Å². The Bertz CT molecular complexity index is 399. The molecule has 0 bridgehead atoms. The van der Waals surface area contributed by atoms with Gasteiger partial charge in [-0.3, -0.25) is 0 Å². The van der Waals surface area contributed by atoms with Crippen molar-refractivity contribution in [1.29, 1.82) is 0 Å². The highest BCUT2D eigenvalue weighted by Crippen LogP contribution is 2.42. The standard InChI is InChI=1S/C17H27N/c1-15(2,12-17(5)13-18-17)11-16(3,4)14-9-7-6-8-10-14/h6-10,18H,11-13H2,1-5H3. The van der Waals surface area contributed by atoms with Crippen LogP contribution >= 0.6 is 0 Å². The lowest BCUT2D eigenvalue weighted by atomic mass is 9.68. The number of nitrogens with one attached hydrogen (secondary N) is 1. The summed E-state index contributed by atoms with van der Waals surface area (Å²) in [6.45, 7) is 13.1. The van der Waals surface area contributed by atoms with Crippen molar-refractivity contribution in [3.8, 4) is 0 Å². The highest BCUT2D eigenvalue weighted by atomic mass is 15.1. The van der Waals surface area contributed by atoms with Crippen LogP contribution in [0.1, 0.15) is 53.0 Å². The number of hydrogen-bond donors (Lipinski definition) is 1. The van der Waals surface area contributed by atoms with E-state index in [0.29, 0.717) is 11.0 Å². The van der Waals surface area contributed by atoms with E-state index in [-0.39, 0.29) is 5.41 Å². The van der Waals surface area contributed by atoms with Crippen LogP contribution in [0.5, 0.6) is 0 Å². The largest absolute Gasteiger partial charge is 0.308 e. The van der Waals surface area contributed by atoms with Gasteiger partial charge in [0.25, 0.3) is 0 Å². The fourth-order valence-electron chi connectivity index (χ4n) is 3.58. The van der Waals surface area contributed by atoms with Gasteiger partial charge in [-0.1, -0.05) is 58.0 Å². The molecule has 1 saturated heterocycles. The van der Waals surface area contributed by atoms with Crippen molar-refractivity contribution < 1.29 is 0 Å². The molecule has 2 rings (SSSR count). The Morgan fingerprint density at radius 1 is 1.11 bits per heavy atom. The van der Waals surface area contributed by atoms with Crippen molar-refractivity contribution in [3.63, 3.8) is 0 Å². The lowest BCUT2D eigenvalue weighted by molar-refractivity contribution is 0.219. The first kappa shape index (κ1) is 13.6. The molecule has 1 aromatic rings. The summed E-state index contributed by atoms with van der Waals surface area (Å²) >= 11 is 0. The fourth-order valence-corrected chi connectivity index (χ4v) is 3.58. The van der Waals surface area contributed by atoms with Gasteiger partial charge in [0, 0.05) is 12.1 Å². The van der Waals surface area contributed by atoms with Crippen LogP contribution in [0, 0.1) is 5.41 Å². The number of hydrogen-bond acceptors (Lipinski definition) is 1. The zero-order valence-electron chi connectivity index (χ0n) is 12.5. The molecule has 1 aromatic carbocycles. The minimum Gasteiger partial charge on any atom is -0.308 e. The molecular formula is C17H27N. The highest BCUT2D eigenvalue weighted by Gasteiger charge is 2.43. The lowest BCUT2D eigenvalue weighted by Gasteiger charge is -2.37. The van der Waals surface area contributed by atoms with Crippen LogP contribution in [-0.4, -0.2) is 12.1 Å². The van der Waals surface area contributed by atoms with E-state index in [1.54, 1.807) is 0 Å². The number of benzene rings is 1. The molecule has 1 atom stereocenters. The molecule has 0 radical (unpaired) electrons. The summed E-state index contributed by atoms with van der Waals surface area (Å²) in [6.07, 6.45) is 2.48. The van der Waals surface area contributed by atoms with Gasteiger partial charge in [0.1, 0.15) is 0 Å². The predicted molar refractivity (Wildman–Crippen MR) is 78.9 cm³/mol. The van der Waals surface area contributed by atoms with Crippen molar-refractivity contribution in [2.75, 3.05) is 6.54 Å². The Labute approximate surface area is 112 Å². The third kappa shape index (κ3) is 3.35. The van der Waals surface area contributed by atoms with Crippen LogP contribution < -0.4 is 5.32 Å². The summed E-state index contributed by atoms with van der Waals surface area (Å²) in [4.78, 5) is 0. The van der Waals surface area contributed by atoms with Crippen LogP contribution in [0.2, 0.25) is 0 Å². The predicted octanol–water partition coefficient (Wildman–Crippen LogP) is 4.13. The van der Waals surface area contributed by atoms with Crippen LogP contribution in [0.4, 0.5) is 0 Å². The Morgan fingerprint density at radius 2 is 1.67 bits per heavy atom. The molecule has 0 aromatic heterocycles. The molecule has 1 unspecified atom stereocenters. The fraction of sp³-hybridized carbons (Fsp3) is 0.647. The van der Waals surface area contributed by atoms with Crippen molar-refractivity contribution in [3.05, 3.63) is 35.9 Å². The minimum absolute atomic E-state index is 0.246. The van der Waals surface area contributed by atoms with Crippen LogP contribution in [0.15, 0.2) is 30.3 Å². The summed E-state index contributed by atoms with van der Waals surface area (Å²) in [5.74, 6) is 0. The normalized spacial score (nSPS) is 24.1.